The van der Waals surface area contributed by atoms with Gasteiger partial charge in [-0.15, -0.1) is 0 Å². The smallest absolute Gasteiger partial charge is 0.137 e. The average Bonchev–Trinajstić information content (AvgIpc) is 3.91. The molecule has 0 radical (unpaired) electrons. The van der Waals surface area contributed by atoms with Crippen molar-refractivity contribution in [1.82, 2.24) is 0 Å². The molecule has 4 nitrogen and oxygen atoms in total. The minimum Gasteiger partial charge on any atom is -0.456 e. The summed E-state index contributed by atoms with van der Waals surface area (Å²) in [7, 11) is 0. The van der Waals surface area contributed by atoms with E-state index in [4.69, 9.17) is 8.83 Å². The quantitative estimate of drug-likeness (QED) is 0.166. The Balaban J connectivity index is 0.928. The van der Waals surface area contributed by atoms with Gasteiger partial charge in [0.1, 0.15) is 22.3 Å². The Bertz CT molecular complexity index is 3870. The molecule has 2 aromatic heterocycles. The minimum absolute atomic E-state index is 0.0147. The van der Waals surface area contributed by atoms with Gasteiger partial charge in [-0.3, -0.25) is 0 Å². The van der Waals surface area contributed by atoms with E-state index >= 15 is 0 Å². The zero-order valence-corrected chi connectivity index (χ0v) is 41.0. The maximum absolute atomic E-state index is 6.47. The van der Waals surface area contributed by atoms with Crippen molar-refractivity contribution < 1.29 is 8.83 Å². The van der Waals surface area contributed by atoms with Crippen molar-refractivity contribution in [3.8, 4) is 22.3 Å². The number of fused-ring (bicyclic) bond motifs is 12. The summed E-state index contributed by atoms with van der Waals surface area (Å²) in [4.78, 5) is 4.82. The number of benzene rings is 10. The lowest BCUT2D eigenvalue weighted by atomic mass is 9.78. The van der Waals surface area contributed by atoms with E-state index in [0.717, 1.165) is 78.0 Å². The largest absolute Gasteiger partial charge is 0.456 e. The summed E-state index contributed by atoms with van der Waals surface area (Å²) in [6.45, 7) is 18.1. The van der Waals surface area contributed by atoms with Gasteiger partial charge < -0.3 is 18.6 Å². The van der Waals surface area contributed by atoms with E-state index in [9.17, 15) is 0 Å². The Hall–Kier alpha value is -8.08. The lowest BCUT2D eigenvalue weighted by Gasteiger charge is -2.31. The van der Waals surface area contributed by atoms with Gasteiger partial charge >= 0.3 is 0 Å². The van der Waals surface area contributed by atoms with Gasteiger partial charge in [-0.25, -0.2) is 0 Å². The van der Waals surface area contributed by atoms with Crippen LogP contribution in [-0.2, 0) is 10.8 Å². The highest BCUT2D eigenvalue weighted by Gasteiger charge is 2.27. The van der Waals surface area contributed by atoms with Crippen LogP contribution < -0.4 is 9.80 Å². The first-order valence-corrected chi connectivity index (χ1v) is 24.6. The molecule has 0 unspecified atom stereocenters. The zero-order valence-electron chi connectivity index (χ0n) is 41.0. The third kappa shape index (κ3) is 6.72. The second-order valence-corrected chi connectivity index (χ2v) is 21.6. The number of nitrogens with zero attached hydrogens (tertiary/aromatic N) is 2. The van der Waals surface area contributed by atoms with E-state index in [0.29, 0.717) is 0 Å². The van der Waals surface area contributed by atoms with Crippen LogP contribution in [0, 0.1) is 13.8 Å². The van der Waals surface area contributed by atoms with E-state index in [1.165, 1.54) is 66.1 Å². The lowest BCUT2D eigenvalue weighted by molar-refractivity contribution is 0.590. The van der Waals surface area contributed by atoms with Crippen molar-refractivity contribution in [2.75, 3.05) is 9.80 Å². The fourth-order valence-electron chi connectivity index (χ4n) is 10.9. The number of anilines is 6. The number of hydrogen-bond acceptors (Lipinski definition) is 4. The van der Waals surface area contributed by atoms with Crippen LogP contribution in [0.3, 0.4) is 0 Å². The molecular formula is C66H54N2O2. The minimum atomic E-state index is -0.0147. The summed E-state index contributed by atoms with van der Waals surface area (Å²) < 4.78 is 12.9. The molecule has 0 atom stereocenters. The fourth-order valence-corrected chi connectivity index (χ4v) is 10.9. The second-order valence-electron chi connectivity index (χ2n) is 21.6. The number of aryl methyl sites for hydroxylation is 2. The van der Waals surface area contributed by atoms with Crippen molar-refractivity contribution in [2.45, 2.75) is 66.2 Å². The molecule has 13 rings (SSSR count). The molecule has 0 saturated carbocycles. The maximum Gasteiger partial charge on any atom is 0.137 e. The molecule has 1 aliphatic rings. The molecule has 0 N–H and O–H groups in total. The van der Waals surface area contributed by atoms with Crippen LogP contribution >= 0.6 is 0 Å². The molecule has 0 spiro atoms. The SMILES string of the molecule is Cc1ccc(C(C)(C)C)cc1N(c1ccc2cc3c(cc2c1)-c1cc2cc(N(c4ccc5c(c4)oc4ccccc45)c4cc(C(C)(C)C)ccc4C)ccc2cc1-3)c1ccc2c(c1)oc1ccccc12. The predicted molar refractivity (Wildman–Crippen MR) is 297 cm³/mol. The molecule has 0 fully saturated rings. The molecule has 10 aromatic carbocycles. The molecule has 2 heterocycles. The lowest BCUT2D eigenvalue weighted by Crippen LogP contribution is -2.15. The number of hydrogen-bond donors (Lipinski definition) is 0. The molecule has 12 aromatic rings. The summed E-state index contributed by atoms with van der Waals surface area (Å²) in [5, 5.41) is 9.37. The number of rotatable bonds is 6. The molecule has 0 bridgehead atoms. The maximum atomic E-state index is 6.47. The molecule has 4 heteroatoms. The van der Waals surface area contributed by atoms with Crippen LogP contribution in [0.1, 0.15) is 63.8 Å². The van der Waals surface area contributed by atoms with E-state index in [1.807, 2.05) is 12.1 Å². The predicted octanol–water partition coefficient (Wildman–Crippen LogP) is 19.6. The Morgan fingerprint density at radius 3 is 1.09 bits per heavy atom. The van der Waals surface area contributed by atoms with Crippen molar-refractivity contribution in [2.24, 2.45) is 0 Å². The molecule has 1 aliphatic carbocycles. The standard InChI is InChI=1S/C66H54N2O2/c1-39-17-21-45(65(3,4)5)35-59(39)67(49-25-27-53-51-13-9-11-15-61(51)69-63(53)37-49)47-23-19-41-31-55-56-32-42-20-24-48(30-44(42)34-58(56)57(55)33-43(41)29-47)68(60-36-46(66(6,7)8)22-18-40(60)2)50-26-28-54-52-14-10-12-16-62(52)70-64(54)38-50/h9-38H,1-8H3. The molecular weight excluding hydrogens is 853 g/mol. The third-order valence-corrected chi connectivity index (χ3v) is 14.9. The van der Waals surface area contributed by atoms with Gasteiger partial charge in [0.05, 0.1) is 0 Å². The van der Waals surface area contributed by atoms with Gasteiger partial charge in [-0.1, -0.05) is 114 Å². The van der Waals surface area contributed by atoms with Crippen molar-refractivity contribution in [1.29, 1.82) is 0 Å². The van der Waals surface area contributed by atoms with Crippen molar-refractivity contribution in [3.63, 3.8) is 0 Å². The highest BCUT2D eigenvalue weighted by atomic mass is 16.3. The van der Waals surface area contributed by atoms with E-state index in [1.54, 1.807) is 0 Å². The first kappa shape index (κ1) is 42.1. The number of para-hydroxylation sites is 2. The van der Waals surface area contributed by atoms with Gasteiger partial charge in [-0.05, 0) is 188 Å². The van der Waals surface area contributed by atoms with Crippen LogP contribution in [0.4, 0.5) is 34.1 Å². The van der Waals surface area contributed by atoms with Crippen molar-refractivity contribution >= 4 is 99.5 Å². The normalized spacial score (nSPS) is 12.6. The van der Waals surface area contributed by atoms with E-state index < -0.39 is 0 Å². The van der Waals surface area contributed by atoms with Crippen LogP contribution in [0.15, 0.2) is 191 Å². The molecule has 340 valence electrons. The fraction of sp³-hybridized carbons (Fsp3) is 0.152. The average molecular weight is 907 g/mol. The molecule has 0 saturated heterocycles. The summed E-state index contributed by atoms with van der Waals surface area (Å²) in [6.07, 6.45) is 0. The van der Waals surface area contributed by atoms with Crippen LogP contribution in [0.5, 0.6) is 0 Å². The summed E-state index contributed by atoms with van der Waals surface area (Å²) in [5.41, 5.74) is 20.4. The van der Waals surface area contributed by atoms with Crippen LogP contribution in [0.25, 0.3) is 87.7 Å². The topological polar surface area (TPSA) is 32.8 Å². The summed E-state index contributed by atoms with van der Waals surface area (Å²) in [6, 6.07) is 67.2. The monoisotopic (exact) mass is 906 g/mol. The first-order chi connectivity index (χ1) is 33.7. The Labute approximate surface area is 409 Å². The molecule has 70 heavy (non-hydrogen) atoms. The summed E-state index contributed by atoms with van der Waals surface area (Å²) >= 11 is 0. The highest BCUT2D eigenvalue weighted by molar-refractivity contribution is 6.13. The van der Waals surface area contributed by atoms with Crippen LogP contribution in [0.2, 0.25) is 0 Å². The Kier molecular flexibility index (Phi) is 9.14. The Morgan fingerprint density at radius 1 is 0.314 bits per heavy atom. The van der Waals surface area contributed by atoms with Gasteiger partial charge in [0.15, 0.2) is 0 Å². The van der Waals surface area contributed by atoms with Gasteiger partial charge in [0.25, 0.3) is 0 Å². The Morgan fingerprint density at radius 2 is 0.671 bits per heavy atom. The van der Waals surface area contributed by atoms with Gasteiger partial charge in [0.2, 0.25) is 0 Å². The van der Waals surface area contributed by atoms with Gasteiger partial charge in [0, 0.05) is 67.8 Å². The van der Waals surface area contributed by atoms with E-state index in [-0.39, 0.29) is 10.8 Å². The van der Waals surface area contributed by atoms with Crippen LogP contribution in [-0.4, -0.2) is 0 Å². The van der Waals surface area contributed by atoms with E-state index in [2.05, 4.69) is 235 Å². The molecule has 0 amide bonds. The van der Waals surface area contributed by atoms with Gasteiger partial charge in [-0.2, -0.15) is 0 Å². The third-order valence-electron chi connectivity index (χ3n) is 14.9. The van der Waals surface area contributed by atoms with Crippen molar-refractivity contribution in [3.05, 3.63) is 204 Å². The summed E-state index contributed by atoms with van der Waals surface area (Å²) in [5.74, 6) is 0. The second kappa shape index (κ2) is 15.2. The molecule has 0 aliphatic heterocycles. The highest BCUT2D eigenvalue weighted by Crippen LogP contribution is 2.52. The number of furan rings is 2. The zero-order chi connectivity index (χ0) is 47.8. The first-order valence-electron chi connectivity index (χ1n) is 24.6.